The van der Waals surface area contributed by atoms with E-state index in [1.807, 2.05) is 18.2 Å². The highest BCUT2D eigenvalue weighted by atomic mass is 32.2. The van der Waals surface area contributed by atoms with E-state index in [0.717, 1.165) is 23.3 Å². The number of rotatable bonds is 6. The van der Waals surface area contributed by atoms with E-state index in [1.54, 1.807) is 6.92 Å². The van der Waals surface area contributed by atoms with Crippen LogP contribution in [0.1, 0.15) is 24.5 Å². The molecule has 3 heteroatoms. The summed E-state index contributed by atoms with van der Waals surface area (Å²) in [5.41, 5.74) is 2.29. The van der Waals surface area contributed by atoms with Crippen LogP contribution in [0.2, 0.25) is 0 Å². The topological polar surface area (TPSA) is 37.3 Å². The molecule has 0 spiro atoms. The van der Waals surface area contributed by atoms with Gasteiger partial charge in [0.05, 0.1) is 0 Å². The number of aliphatic hydroxyl groups excluding tert-OH is 1. The van der Waals surface area contributed by atoms with Crippen LogP contribution in [0.25, 0.3) is 6.08 Å². The lowest BCUT2D eigenvalue weighted by molar-refractivity contribution is -0.109. The molecule has 92 valence electrons. The van der Waals surface area contributed by atoms with Crippen LogP contribution in [0.5, 0.6) is 0 Å². The van der Waals surface area contributed by atoms with Crippen molar-refractivity contribution >= 4 is 23.0 Å². The van der Waals surface area contributed by atoms with Crippen LogP contribution < -0.4 is 0 Å². The summed E-state index contributed by atoms with van der Waals surface area (Å²) in [6.45, 7) is 1.77. The van der Waals surface area contributed by atoms with Crippen molar-refractivity contribution in [2.24, 2.45) is 0 Å². The first-order valence-corrected chi connectivity index (χ1v) is 6.70. The molecule has 17 heavy (non-hydrogen) atoms. The van der Waals surface area contributed by atoms with Crippen LogP contribution >= 0.6 is 11.8 Å². The molecule has 0 saturated carbocycles. The number of hydrogen-bond acceptors (Lipinski definition) is 3. The fraction of sp³-hybridized carbons (Fsp3) is 0.357. The van der Waals surface area contributed by atoms with Gasteiger partial charge in [0.15, 0.2) is 5.12 Å². The van der Waals surface area contributed by atoms with Crippen LogP contribution in [0, 0.1) is 0 Å². The monoisotopic (exact) mass is 250 g/mol. The van der Waals surface area contributed by atoms with E-state index in [4.69, 9.17) is 5.11 Å². The molecule has 1 rings (SSSR count). The molecule has 1 aromatic rings. The number of allylic oxidation sites excluding steroid dienone is 1. The van der Waals surface area contributed by atoms with E-state index < -0.39 is 0 Å². The Labute approximate surface area is 107 Å². The van der Waals surface area contributed by atoms with Gasteiger partial charge in [0.1, 0.15) is 0 Å². The van der Waals surface area contributed by atoms with Gasteiger partial charge < -0.3 is 5.11 Å². The molecule has 2 nitrogen and oxygen atoms in total. The molecule has 1 N–H and O–H groups in total. The average Bonchev–Trinajstić information content (AvgIpc) is 2.29. The predicted octanol–water partition coefficient (Wildman–Crippen LogP) is 2.90. The summed E-state index contributed by atoms with van der Waals surface area (Å²) in [4.78, 5) is 10.7. The highest BCUT2D eigenvalue weighted by Gasteiger charge is 1.93. The minimum absolute atomic E-state index is 0.170. The summed E-state index contributed by atoms with van der Waals surface area (Å²) >= 11 is 1.35. The summed E-state index contributed by atoms with van der Waals surface area (Å²) in [5.74, 6) is 0.835. The molecule has 1 aromatic carbocycles. The number of benzene rings is 1. The molecule has 0 unspecified atom stereocenters. The van der Waals surface area contributed by atoms with Crippen LogP contribution in [-0.4, -0.2) is 22.6 Å². The maximum absolute atomic E-state index is 10.7. The van der Waals surface area contributed by atoms with E-state index in [1.165, 1.54) is 11.8 Å². The number of hydrogen-bond donors (Lipinski definition) is 1. The third-order valence-corrected chi connectivity index (χ3v) is 3.10. The summed E-state index contributed by atoms with van der Waals surface area (Å²) in [6, 6.07) is 8.12. The molecule has 0 saturated heterocycles. The summed E-state index contributed by atoms with van der Waals surface area (Å²) in [5, 5.41) is 9.03. The highest BCUT2D eigenvalue weighted by Crippen LogP contribution is 2.09. The molecule has 0 aliphatic carbocycles. The van der Waals surface area contributed by atoms with Crippen molar-refractivity contribution in [2.75, 3.05) is 12.4 Å². The largest absolute Gasteiger partial charge is 0.396 e. The fourth-order valence-electron chi connectivity index (χ4n) is 1.47. The van der Waals surface area contributed by atoms with Gasteiger partial charge in [0.2, 0.25) is 0 Å². The molecule has 0 aliphatic heterocycles. The Bertz CT molecular complexity index is 386. The first-order valence-electron chi connectivity index (χ1n) is 5.72. The zero-order chi connectivity index (χ0) is 12.5. The maximum atomic E-state index is 10.7. The van der Waals surface area contributed by atoms with Gasteiger partial charge in [-0.2, -0.15) is 0 Å². The lowest BCUT2D eigenvalue weighted by Gasteiger charge is -1.99. The van der Waals surface area contributed by atoms with Crippen molar-refractivity contribution < 1.29 is 9.90 Å². The van der Waals surface area contributed by atoms with Crippen LogP contribution in [0.3, 0.4) is 0 Å². The Morgan fingerprint density at radius 1 is 1.47 bits per heavy atom. The van der Waals surface area contributed by atoms with Gasteiger partial charge in [-0.25, -0.2) is 0 Å². The van der Waals surface area contributed by atoms with Crippen LogP contribution in [0.15, 0.2) is 30.3 Å². The second-order valence-electron chi connectivity index (χ2n) is 3.75. The van der Waals surface area contributed by atoms with Gasteiger partial charge >= 0.3 is 0 Å². The SMILES string of the molecule is CC(=O)SCCC=Cc1cccc(CCO)c1. The Hall–Kier alpha value is -1.06. The number of thioether (sulfide) groups is 1. The molecule has 0 fully saturated rings. The minimum atomic E-state index is 0.170. The molecular formula is C14H18O2S. The minimum Gasteiger partial charge on any atom is -0.396 e. The predicted molar refractivity (Wildman–Crippen MR) is 74.0 cm³/mol. The molecule has 0 amide bonds. The summed E-state index contributed by atoms with van der Waals surface area (Å²) in [7, 11) is 0. The van der Waals surface area contributed by atoms with Crippen LogP contribution in [0.4, 0.5) is 0 Å². The molecular weight excluding hydrogens is 232 g/mol. The zero-order valence-corrected chi connectivity index (χ0v) is 10.9. The van der Waals surface area contributed by atoms with Crippen molar-refractivity contribution in [3.8, 4) is 0 Å². The van der Waals surface area contributed by atoms with Gasteiger partial charge in [-0.05, 0) is 24.0 Å². The Kier molecular flexibility index (Phi) is 6.67. The number of carbonyl (C=O) groups excluding carboxylic acids is 1. The first-order chi connectivity index (χ1) is 8.22. The number of aliphatic hydroxyl groups is 1. The van der Waals surface area contributed by atoms with Crippen molar-refractivity contribution in [1.29, 1.82) is 0 Å². The molecule has 0 radical (unpaired) electrons. The molecule has 0 aromatic heterocycles. The highest BCUT2D eigenvalue weighted by molar-refractivity contribution is 8.13. The average molecular weight is 250 g/mol. The van der Waals surface area contributed by atoms with Gasteiger partial charge in [0, 0.05) is 19.3 Å². The molecule has 0 bridgehead atoms. The van der Waals surface area contributed by atoms with E-state index in [9.17, 15) is 4.79 Å². The second-order valence-corrected chi connectivity index (χ2v) is 5.02. The molecule has 0 aliphatic rings. The second kappa shape index (κ2) is 8.09. The van der Waals surface area contributed by atoms with Gasteiger partial charge in [-0.15, -0.1) is 0 Å². The van der Waals surface area contributed by atoms with E-state index >= 15 is 0 Å². The summed E-state index contributed by atoms with van der Waals surface area (Å²) in [6.07, 6.45) is 5.73. The molecule has 0 atom stereocenters. The zero-order valence-electron chi connectivity index (χ0n) is 10.1. The van der Waals surface area contributed by atoms with E-state index in [-0.39, 0.29) is 11.7 Å². The van der Waals surface area contributed by atoms with E-state index in [2.05, 4.69) is 18.2 Å². The van der Waals surface area contributed by atoms with Crippen molar-refractivity contribution in [1.82, 2.24) is 0 Å². The summed E-state index contributed by atoms with van der Waals surface area (Å²) < 4.78 is 0. The third-order valence-electron chi connectivity index (χ3n) is 2.25. The van der Waals surface area contributed by atoms with Gasteiger partial charge in [-0.1, -0.05) is 48.2 Å². The third kappa shape index (κ3) is 6.29. The normalized spacial score (nSPS) is 10.9. The fourth-order valence-corrected chi connectivity index (χ4v) is 2.01. The maximum Gasteiger partial charge on any atom is 0.185 e. The Morgan fingerprint density at radius 3 is 3.00 bits per heavy atom. The Morgan fingerprint density at radius 2 is 2.29 bits per heavy atom. The van der Waals surface area contributed by atoms with Crippen molar-refractivity contribution in [3.63, 3.8) is 0 Å². The first kappa shape index (κ1) is 14.0. The lowest BCUT2D eigenvalue weighted by atomic mass is 10.1. The molecule has 0 heterocycles. The smallest absolute Gasteiger partial charge is 0.185 e. The quantitative estimate of drug-likeness (QED) is 0.789. The van der Waals surface area contributed by atoms with Crippen molar-refractivity contribution in [3.05, 3.63) is 41.5 Å². The van der Waals surface area contributed by atoms with Crippen LogP contribution in [-0.2, 0) is 11.2 Å². The van der Waals surface area contributed by atoms with Gasteiger partial charge in [0.25, 0.3) is 0 Å². The van der Waals surface area contributed by atoms with Crippen molar-refractivity contribution in [2.45, 2.75) is 19.8 Å². The van der Waals surface area contributed by atoms with E-state index in [0.29, 0.717) is 6.42 Å². The Balaban J connectivity index is 2.42. The lowest BCUT2D eigenvalue weighted by Crippen LogP contribution is -1.90. The number of carbonyl (C=O) groups is 1. The van der Waals surface area contributed by atoms with Gasteiger partial charge in [-0.3, -0.25) is 4.79 Å². The standard InChI is InChI=1S/C14H18O2S/c1-12(16)17-10-3-2-5-13-6-4-7-14(11-13)8-9-15/h2,4-7,11,15H,3,8-10H2,1H3.